The van der Waals surface area contributed by atoms with Gasteiger partial charge < -0.3 is 29.7 Å². The van der Waals surface area contributed by atoms with Gasteiger partial charge in [-0.2, -0.15) is 0 Å². The van der Waals surface area contributed by atoms with Crippen molar-refractivity contribution in [1.29, 1.82) is 5.41 Å². The lowest BCUT2D eigenvalue weighted by atomic mass is 10.1. The van der Waals surface area contributed by atoms with Crippen molar-refractivity contribution in [2.75, 3.05) is 49.2 Å². The van der Waals surface area contributed by atoms with Gasteiger partial charge in [0.05, 0.1) is 31.3 Å². The Morgan fingerprint density at radius 3 is 2.53 bits per heavy atom. The molecule has 2 aliphatic rings. The molecule has 34 heavy (non-hydrogen) atoms. The fourth-order valence-corrected chi connectivity index (χ4v) is 3.94. The van der Waals surface area contributed by atoms with Crippen molar-refractivity contribution >= 4 is 23.4 Å². The summed E-state index contributed by atoms with van der Waals surface area (Å²) in [6.45, 7) is 4.21. The number of amidine groups is 1. The largest absolute Gasteiger partial charge is 0.487 e. The van der Waals surface area contributed by atoms with Crippen molar-refractivity contribution in [2.45, 2.75) is 32.0 Å². The first-order chi connectivity index (χ1) is 16.5. The van der Waals surface area contributed by atoms with Crippen LogP contribution < -0.4 is 20.3 Å². The standard InChI is InChI=1S/C23H29FN6O4/c24-22-16(15-33-21(31)12-20(25)26)2-1-3-19(22)34-18-4-6-29(7-5-18)17-13-27-23(28-14-17)30-8-10-32-11-9-30/h1-3,13-14,18H,4-12,15H2,(H3,25,26). The molecule has 0 bridgehead atoms. The molecule has 2 fully saturated rings. The molecule has 182 valence electrons. The number of nitrogens with one attached hydrogen (secondary N) is 1. The predicted molar refractivity (Wildman–Crippen MR) is 124 cm³/mol. The Balaban J connectivity index is 1.28. The van der Waals surface area contributed by atoms with Crippen LogP contribution in [0.4, 0.5) is 16.0 Å². The van der Waals surface area contributed by atoms with E-state index in [2.05, 4.69) is 19.8 Å². The number of esters is 1. The van der Waals surface area contributed by atoms with E-state index in [4.69, 9.17) is 25.4 Å². The third-order valence-corrected chi connectivity index (χ3v) is 5.79. The number of nitrogens with zero attached hydrogens (tertiary/aromatic N) is 4. The lowest BCUT2D eigenvalue weighted by Crippen LogP contribution is -2.39. The first-order valence-corrected chi connectivity index (χ1v) is 11.3. The van der Waals surface area contributed by atoms with E-state index >= 15 is 0 Å². The van der Waals surface area contributed by atoms with Crippen LogP contribution in [0.25, 0.3) is 0 Å². The van der Waals surface area contributed by atoms with E-state index in [0.29, 0.717) is 19.2 Å². The van der Waals surface area contributed by atoms with Crippen LogP contribution >= 0.6 is 0 Å². The molecule has 0 radical (unpaired) electrons. The Morgan fingerprint density at radius 2 is 1.85 bits per heavy atom. The normalized spacial score (nSPS) is 16.9. The van der Waals surface area contributed by atoms with Crippen LogP contribution in [0.5, 0.6) is 5.75 Å². The summed E-state index contributed by atoms with van der Waals surface area (Å²) in [5.74, 6) is -0.668. The average Bonchev–Trinajstić information content (AvgIpc) is 2.85. The van der Waals surface area contributed by atoms with Gasteiger partial charge in [-0.1, -0.05) is 12.1 Å². The molecule has 2 saturated heterocycles. The maximum absolute atomic E-state index is 14.9. The molecular weight excluding hydrogens is 443 g/mol. The molecule has 4 rings (SSSR count). The Morgan fingerprint density at radius 1 is 1.15 bits per heavy atom. The van der Waals surface area contributed by atoms with Crippen LogP contribution in [0, 0.1) is 11.2 Å². The second kappa shape index (κ2) is 11.1. The number of piperidine rings is 1. The predicted octanol–water partition coefficient (Wildman–Crippen LogP) is 1.87. The summed E-state index contributed by atoms with van der Waals surface area (Å²) in [5, 5.41) is 7.11. The van der Waals surface area contributed by atoms with Crippen LogP contribution in [-0.2, 0) is 20.9 Å². The Hall–Kier alpha value is -3.47. The lowest BCUT2D eigenvalue weighted by molar-refractivity contribution is -0.143. The highest BCUT2D eigenvalue weighted by molar-refractivity contribution is 5.94. The minimum absolute atomic E-state index is 0.130. The summed E-state index contributed by atoms with van der Waals surface area (Å²) in [5.41, 5.74) is 6.34. The monoisotopic (exact) mass is 472 g/mol. The number of hydrogen-bond acceptors (Lipinski definition) is 9. The fourth-order valence-electron chi connectivity index (χ4n) is 3.94. The Bertz CT molecular complexity index is 991. The average molecular weight is 473 g/mol. The van der Waals surface area contributed by atoms with E-state index < -0.39 is 11.8 Å². The molecule has 1 aromatic heterocycles. The van der Waals surface area contributed by atoms with Gasteiger partial charge in [0, 0.05) is 44.6 Å². The van der Waals surface area contributed by atoms with Gasteiger partial charge in [0.1, 0.15) is 25.0 Å². The lowest BCUT2D eigenvalue weighted by Gasteiger charge is -2.33. The van der Waals surface area contributed by atoms with E-state index in [1.54, 1.807) is 12.1 Å². The summed E-state index contributed by atoms with van der Waals surface area (Å²) in [4.78, 5) is 24.9. The van der Waals surface area contributed by atoms with Gasteiger partial charge in [-0.05, 0) is 6.07 Å². The van der Waals surface area contributed by atoms with Crippen LogP contribution in [-0.4, -0.2) is 67.3 Å². The topological polar surface area (TPSA) is 127 Å². The van der Waals surface area contributed by atoms with Crippen LogP contribution in [0.3, 0.4) is 0 Å². The molecular formula is C23H29FN6O4. The number of nitrogens with two attached hydrogens (primary N) is 1. The summed E-state index contributed by atoms with van der Waals surface area (Å²) < 4.78 is 31.1. The second-order valence-electron chi connectivity index (χ2n) is 8.24. The van der Waals surface area contributed by atoms with E-state index in [9.17, 15) is 9.18 Å². The summed E-state index contributed by atoms with van der Waals surface area (Å²) in [6.07, 6.45) is 4.68. The highest BCUT2D eigenvalue weighted by Gasteiger charge is 2.23. The zero-order valence-electron chi connectivity index (χ0n) is 18.9. The molecule has 2 aliphatic heterocycles. The van der Waals surface area contributed by atoms with Gasteiger partial charge in [-0.15, -0.1) is 0 Å². The SMILES string of the molecule is N=C(N)CC(=O)OCc1cccc(OC2CCN(c3cnc(N4CCOCC4)nc3)CC2)c1F. The van der Waals surface area contributed by atoms with E-state index in [1.165, 1.54) is 6.07 Å². The highest BCUT2D eigenvalue weighted by atomic mass is 19.1. The maximum atomic E-state index is 14.9. The van der Waals surface area contributed by atoms with E-state index in [1.807, 2.05) is 12.4 Å². The zero-order valence-corrected chi connectivity index (χ0v) is 18.9. The number of morpholine rings is 1. The van der Waals surface area contributed by atoms with Crippen LogP contribution in [0.1, 0.15) is 24.8 Å². The van der Waals surface area contributed by atoms with Gasteiger partial charge in [0.2, 0.25) is 5.95 Å². The number of carbonyl (C=O) groups is 1. The molecule has 3 N–H and O–H groups in total. The molecule has 0 saturated carbocycles. The van der Waals surface area contributed by atoms with Gasteiger partial charge in [0.15, 0.2) is 11.6 Å². The molecule has 10 nitrogen and oxygen atoms in total. The zero-order chi connectivity index (χ0) is 23.9. The number of hydrogen-bond donors (Lipinski definition) is 2. The highest BCUT2D eigenvalue weighted by Crippen LogP contribution is 2.27. The van der Waals surface area contributed by atoms with Gasteiger partial charge >= 0.3 is 5.97 Å². The first kappa shape index (κ1) is 23.7. The number of anilines is 2. The number of aromatic nitrogens is 2. The number of benzene rings is 1. The molecule has 11 heteroatoms. The van der Waals surface area contributed by atoms with Crippen LogP contribution in [0.2, 0.25) is 0 Å². The second-order valence-corrected chi connectivity index (χ2v) is 8.24. The van der Waals surface area contributed by atoms with Crippen molar-refractivity contribution in [3.05, 3.63) is 42.0 Å². The smallest absolute Gasteiger partial charge is 0.313 e. The van der Waals surface area contributed by atoms with Gasteiger partial charge in [-0.25, -0.2) is 14.4 Å². The molecule has 0 unspecified atom stereocenters. The first-order valence-electron chi connectivity index (χ1n) is 11.3. The molecule has 0 aliphatic carbocycles. The number of halogens is 1. The third kappa shape index (κ3) is 6.10. The maximum Gasteiger partial charge on any atom is 0.313 e. The summed E-state index contributed by atoms with van der Waals surface area (Å²) >= 11 is 0. The molecule has 2 aromatic rings. The number of carbonyl (C=O) groups excluding carboxylic acids is 1. The van der Waals surface area contributed by atoms with Crippen molar-refractivity contribution in [1.82, 2.24) is 9.97 Å². The van der Waals surface area contributed by atoms with E-state index in [-0.39, 0.29) is 36.3 Å². The van der Waals surface area contributed by atoms with Crippen molar-refractivity contribution in [2.24, 2.45) is 5.73 Å². The number of rotatable bonds is 8. The molecule has 0 amide bonds. The summed E-state index contributed by atoms with van der Waals surface area (Å²) in [7, 11) is 0. The Kier molecular flexibility index (Phi) is 7.73. The number of ether oxygens (including phenoxy) is 3. The van der Waals surface area contributed by atoms with Crippen LogP contribution in [0.15, 0.2) is 30.6 Å². The molecule has 1 aromatic carbocycles. The van der Waals surface area contributed by atoms with Crippen molar-refractivity contribution < 1.29 is 23.4 Å². The van der Waals surface area contributed by atoms with E-state index in [0.717, 1.165) is 44.7 Å². The van der Waals surface area contributed by atoms with Gasteiger partial charge in [-0.3, -0.25) is 10.2 Å². The Labute approximate surface area is 197 Å². The molecule has 0 atom stereocenters. The summed E-state index contributed by atoms with van der Waals surface area (Å²) in [6, 6.07) is 4.77. The molecule has 3 heterocycles. The minimum Gasteiger partial charge on any atom is -0.487 e. The fraction of sp³-hybridized carbons (Fsp3) is 0.478. The third-order valence-electron chi connectivity index (χ3n) is 5.79. The van der Waals surface area contributed by atoms with Gasteiger partial charge in [0.25, 0.3) is 0 Å². The van der Waals surface area contributed by atoms with Crippen molar-refractivity contribution in [3.63, 3.8) is 0 Å². The minimum atomic E-state index is -0.674. The molecule has 0 spiro atoms. The van der Waals surface area contributed by atoms with Crippen molar-refractivity contribution in [3.8, 4) is 5.75 Å². The quantitative estimate of drug-likeness (QED) is 0.336.